The Bertz CT molecular complexity index is 1950. The standard InChI is InChI=1S/C82H160O17P2/c1-7-11-13-15-17-19-21-23-24-25-30-34-41-47-53-59-65-80(85)93-70-77(98-81(86)66-60-54-48-42-35-31-27-26-29-32-38-44-50-56-62-74(5)9-3)72-96-100(88,89)94-68-76(83)69-95-101(90,91)97-73-78(71-92-79(84)64-58-52-46-40-33-28-22-20-18-16-14-12-8-2)99-82(87)67-61-55-49-43-37-36-39-45-51-57-63-75(6)10-4/h74-78,83H,7-73H2,1-6H3,(H,88,89)(H,90,91)/t74?,75?,76-,77-,78-/m1/s1. The molecule has 0 amide bonds. The summed E-state index contributed by atoms with van der Waals surface area (Å²) < 4.78 is 68.8. The molecular formula is C82H160O17P2. The van der Waals surface area contributed by atoms with Crippen LogP contribution >= 0.6 is 15.6 Å². The molecule has 0 aromatic rings. The maximum atomic E-state index is 13.1. The van der Waals surface area contributed by atoms with E-state index in [0.717, 1.165) is 102 Å². The first-order chi connectivity index (χ1) is 48.9. The Balaban J connectivity index is 5.27. The third-order valence-electron chi connectivity index (χ3n) is 19.9. The Hall–Kier alpha value is -1.94. The second-order valence-electron chi connectivity index (χ2n) is 30.0. The number of aliphatic hydroxyl groups is 1. The molecule has 0 bridgehead atoms. The fourth-order valence-electron chi connectivity index (χ4n) is 12.6. The average molecular weight is 1480 g/mol. The van der Waals surface area contributed by atoms with Crippen molar-refractivity contribution in [3.63, 3.8) is 0 Å². The summed E-state index contributed by atoms with van der Waals surface area (Å²) in [4.78, 5) is 73.1. The van der Waals surface area contributed by atoms with Crippen molar-refractivity contribution in [3.05, 3.63) is 0 Å². The lowest BCUT2D eigenvalue weighted by atomic mass is 9.99. The van der Waals surface area contributed by atoms with Crippen LogP contribution in [0.3, 0.4) is 0 Å². The Labute approximate surface area is 619 Å². The van der Waals surface area contributed by atoms with E-state index in [4.69, 9.17) is 37.0 Å². The van der Waals surface area contributed by atoms with Crippen LogP contribution in [0, 0.1) is 11.8 Å². The Morgan fingerprint density at radius 1 is 0.277 bits per heavy atom. The average Bonchev–Trinajstić information content (AvgIpc) is 0.964. The molecule has 101 heavy (non-hydrogen) atoms. The monoisotopic (exact) mass is 1480 g/mol. The summed E-state index contributed by atoms with van der Waals surface area (Å²) in [6.45, 7) is 9.73. The van der Waals surface area contributed by atoms with Crippen molar-refractivity contribution in [1.29, 1.82) is 0 Å². The minimum atomic E-state index is -4.96. The van der Waals surface area contributed by atoms with Crippen LogP contribution in [-0.4, -0.2) is 96.7 Å². The number of carbonyl (C=O) groups excluding carboxylic acids is 4. The fraction of sp³-hybridized carbons (Fsp3) is 0.951. The highest BCUT2D eigenvalue weighted by Gasteiger charge is 2.30. The van der Waals surface area contributed by atoms with Crippen molar-refractivity contribution in [2.24, 2.45) is 11.8 Å². The number of aliphatic hydroxyl groups excluding tert-OH is 1. The molecular weight excluding hydrogens is 1320 g/mol. The predicted octanol–water partition coefficient (Wildman–Crippen LogP) is 24.7. The van der Waals surface area contributed by atoms with E-state index >= 15 is 0 Å². The fourth-order valence-corrected chi connectivity index (χ4v) is 14.2. The number of hydrogen-bond acceptors (Lipinski definition) is 15. The summed E-state index contributed by atoms with van der Waals surface area (Å²) in [5.74, 6) is -0.456. The summed E-state index contributed by atoms with van der Waals surface area (Å²) in [5.41, 5.74) is 0. The third kappa shape index (κ3) is 73.4. The normalized spacial score (nSPS) is 14.4. The van der Waals surface area contributed by atoms with Crippen LogP contribution in [0.1, 0.15) is 433 Å². The molecule has 3 N–H and O–H groups in total. The molecule has 0 aliphatic rings. The molecule has 7 atom stereocenters. The molecule has 0 fully saturated rings. The molecule has 0 aliphatic carbocycles. The lowest BCUT2D eigenvalue weighted by Crippen LogP contribution is -2.30. The highest BCUT2D eigenvalue weighted by Crippen LogP contribution is 2.45. The van der Waals surface area contributed by atoms with Crippen LogP contribution in [0.4, 0.5) is 0 Å². The molecule has 0 aromatic carbocycles. The van der Waals surface area contributed by atoms with Gasteiger partial charge in [0.1, 0.15) is 19.3 Å². The van der Waals surface area contributed by atoms with Crippen molar-refractivity contribution in [1.82, 2.24) is 0 Å². The van der Waals surface area contributed by atoms with Crippen molar-refractivity contribution >= 4 is 39.5 Å². The minimum absolute atomic E-state index is 0.107. The van der Waals surface area contributed by atoms with Crippen LogP contribution in [0.25, 0.3) is 0 Å². The van der Waals surface area contributed by atoms with Gasteiger partial charge < -0.3 is 33.8 Å². The smallest absolute Gasteiger partial charge is 0.462 e. The third-order valence-corrected chi connectivity index (χ3v) is 21.8. The molecule has 19 heteroatoms. The zero-order valence-electron chi connectivity index (χ0n) is 66.2. The topological polar surface area (TPSA) is 237 Å². The first-order valence-electron chi connectivity index (χ1n) is 42.6. The van der Waals surface area contributed by atoms with Crippen molar-refractivity contribution in [2.45, 2.75) is 452 Å². The number of phosphoric ester groups is 2. The number of esters is 4. The van der Waals surface area contributed by atoms with E-state index in [2.05, 4.69) is 41.5 Å². The molecule has 0 heterocycles. The maximum absolute atomic E-state index is 13.1. The lowest BCUT2D eigenvalue weighted by Gasteiger charge is -2.21. The number of unbranched alkanes of at least 4 members (excludes halogenated alkanes) is 49. The van der Waals surface area contributed by atoms with Gasteiger partial charge in [0.2, 0.25) is 0 Å². The van der Waals surface area contributed by atoms with Crippen molar-refractivity contribution in [2.75, 3.05) is 39.6 Å². The van der Waals surface area contributed by atoms with E-state index < -0.39 is 97.5 Å². The second kappa shape index (κ2) is 73.6. The molecule has 0 spiro atoms. The quantitative estimate of drug-likeness (QED) is 0.0222. The molecule has 0 aromatic heterocycles. The van der Waals surface area contributed by atoms with Gasteiger partial charge in [-0.05, 0) is 37.5 Å². The van der Waals surface area contributed by atoms with Crippen LogP contribution in [0.5, 0.6) is 0 Å². The van der Waals surface area contributed by atoms with Crippen LogP contribution in [-0.2, 0) is 65.4 Å². The molecule has 0 aliphatic heterocycles. The zero-order valence-corrected chi connectivity index (χ0v) is 68.0. The molecule has 0 radical (unpaired) electrons. The lowest BCUT2D eigenvalue weighted by molar-refractivity contribution is -0.161. The van der Waals surface area contributed by atoms with Crippen LogP contribution in [0.15, 0.2) is 0 Å². The van der Waals surface area contributed by atoms with E-state index in [9.17, 15) is 43.2 Å². The van der Waals surface area contributed by atoms with Gasteiger partial charge in [0.05, 0.1) is 26.4 Å². The van der Waals surface area contributed by atoms with Gasteiger partial charge in [-0.3, -0.25) is 37.3 Å². The number of rotatable bonds is 81. The van der Waals surface area contributed by atoms with Gasteiger partial charge in [-0.2, -0.15) is 0 Å². The van der Waals surface area contributed by atoms with E-state index in [1.807, 2.05) is 0 Å². The highest BCUT2D eigenvalue weighted by molar-refractivity contribution is 7.47. The van der Waals surface area contributed by atoms with E-state index in [1.165, 1.54) is 250 Å². The van der Waals surface area contributed by atoms with Gasteiger partial charge in [-0.1, -0.05) is 382 Å². The predicted molar refractivity (Wildman–Crippen MR) is 414 cm³/mol. The summed E-state index contributed by atoms with van der Waals surface area (Å²) in [6, 6.07) is 0. The van der Waals surface area contributed by atoms with E-state index in [0.29, 0.717) is 25.7 Å². The Morgan fingerprint density at radius 3 is 0.703 bits per heavy atom. The summed E-state index contributed by atoms with van der Waals surface area (Å²) in [7, 11) is -9.92. The SMILES string of the molecule is CCCCCCCCCCCCCCCCCCC(=O)OC[C@H](COP(=O)(O)OC[C@@H](O)COP(=O)(O)OC[C@@H](COC(=O)CCCCCCCCCCCCCCC)OC(=O)CCCCCCCCCCCCC(C)CC)OC(=O)CCCCCCCCCCCCCCCCC(C)CC. The minimum Gasteiger partial charge on any atom is -0.462 e. The molecule has 4 unspecified atom stereocenters. The number of carbonyl (C=O) groups is 4. The van der Waals surface area contributed by atoms with Gasteiger partial charge in [-0.15, -0.1) is 0 Å². The van der Waals surface area contributed by atoms with Crippen LogP contribution < -0.4 is 0 Å². The van der Waals surface area contributed by atoms with Gasteiger partial charge in [0.15, 0.2) is 12.2 Å². The second-order valence-corrected chi connectivity index (χ2v) is 32.9. The molecule has 0 rings (SSSR count). The van der Waals surface area contributed by atoms with Crippen molar-refractivity contribution in [3.8, 4) is 0 Å². The number of ether oxygens (including phenoxy) is 4. The van der Waals surface area contributed by atoms with Gasteiger partial charge in [-0.25, -0.2) is 9.13 Å². The molecule has 17 nitrogen and oxygen atoms in total. The Morgan fingerprint density at radius 2 is 0.475 bits per heavy atom. The summed E-state index contributed by atoms with van der Waals surface area (Å²) in [6.07, 6.45) is 63.5. The van der Waals surface area contributed by atoms with Gasteiger partial charge in [0, 0.05) is 25.7 Å². The van der Waals surface area contributed by atoms with E-state index in [1.54, 1.807) is 0 Å². The van der Waals surface area contributed by atoms with Gasteiger partial charge in [0.25, 0.3) is 0 Å². The zero-order chi connectivity index (χ0) is 74.2. The Kier molecular flexibility index (Phi) is 72.2. The largest absolute Gasteiger partial charge is 0.472 e. The molecule has 0 saturated carbocycles. The van der Waals surface area contributed by atoms with Crippen LogP contribution in [0.2, 0.25) is 0 Å². The van der Waals surface area contributed by atoms with Gasteiger partial charge >= 0.3 is 39.5 Å². The molecule has 0 saturated heterocycles. The first kappa shape index (κ1) is 99.1. The summed E-state index contributed by atoms with van der Waals surface area (Å²) in [5, 5.41) is 10.7. The summed E-state index contributed by atoms with van der Waals surface area (Å²) >= 11 is 0. The number of phosphoric acid groups is 2. The number of hydrogen-bond donors (Lipinski definition) is 3. The van der Waals surface area contributed by atoms with Crippen molar-refractivity contribution < 1.29 is 80.2 Å². The van der Waals surface area contributed by atoms with E-state index in [-0.39, 0.29) is 25.7 Å². The first-order valence-corrected chi connectivity index (χ1v) is 45.6. The molecule has 600 valence electrons. The maximum Gasteiger partial charge on any atom is 0.472 e. The highest BCUT2D eigenvalue weighted by atomic mass is 31.2.